The molecule has 0 aliphatic heterocycles. The Bertz CT molecular complexity index is 464. The van der Waals surface area contributed by atoms with E-state index >= 15 is 0 Å². The molecule has 98 valence electrons. The predicted molar refractivity (Wildman–Crippen MR) is 58.0 cm³/mol. The van der Waals surface area contributed by atoms with Gasteiger partial charge in [0.15, 0.2) is 6.10 Å². The molecule has 7 heteroatoms. The summed E-state index contributed by atoms with van der Waals surface area (Å²) in [6.45, 7) is 0.721. The second-order valence-electron chi connectivity index (χ2n) is 3.46. The zero-order chi connectivity index (χ0) is 13.7. The van der Waals surface area contributed by atoms with E-state index in [1.54, 1.807) is 0 Å². The van der Waals surface area contributed by atoms with Crippen LogP contribution in [0.1, 0.15) is 6.92 Å². The summed E-state index contributed by atoms with van der Waals surface area (Å²) in [6.07, 6.45) is -1.14. The van der Waals surface area contributed by atoms with Gasteiger partial charge in [0.1, 0.15) is 18.2 Å². The van der Waals surface area contributed by atoms with Crippen molar-refractivity contribution >= 4 is 17.6 Å². The number of hydrogen-bond donors (Lipinski definition) is 2. The van der Waals surface area contributed by atoms with E-state index in [1.807, 2.05) is 0 Å². The number of amides is 1. The Hall–Kier alpha value is -2.02. The van der Waals surface area contributed by atoms with Crippen molar-refractivity contribution in [3.8, 4) is 0 Å². The number of carbonyl (C=O) groups is 2. The molecule has 0 saturated carbocycles. The first kappa shape index (κ1) is 14.0. The largest absolute Gasteiger partial charge is 0.479 e. The number of nitrogens with one attached hydrogen (secondary N) is 1. The minimum atomic E-state index is -1.21. The standard InChI is InChI=1S/C11H11F2NO4/c1-6(11(16)17)18-5-10(15)14-9-3-2-7(12)4-8(9)13/h2-4,6H,5H2,1H3,(H,14,15)(H,16,17)/t6-/m0/s1. The van der Waals surface area contributed by atoms with Gasteiger partial charge in [-0.15, -0.1) is 0 Å². The lowest BCUT2D eigenvalue weighted by molar-refractivity contribution is -0.150. The third-order valence-electron chi connectivity index (χ3n) is 2.02. The molecule has 0 bridgehead atoms. The van der Waals surface area contributed by atoms with Crippen LogP contribution in [-0.4, -0.2) is 29.7 Å². The van der Waals surface area contributed by atoms with Crippen molar-refractivity contribution < 1.29 is 28.2 Å². The zero-order valence-electron chi connectivity index (χ0n) is 9.44. The van der Waals surface area contributed by atoms with E-state index in [2.05, 4.69) is 5.32 Å². The normalized spacial score (nSPS) is 11.9. The molecule has 1 atom stereocenters. The Morgan fingerprint density at radius 2 is 2.11 bits per heavy atom. The van der Waals surface area contributed by atoms with Crippen molar-refractivity contribution in [3.63, 3.8) is 0 Å². The topological polar surface area (TPSA) is 75.6 Å². The first-order valence-corrected chi connectivity index (χ1v) is 4.99. The number of anilines is 1. The molecule has 0 aliphatic rings. The minimum absolute atomic E-state index is 0.201. The molecule has 0 aromatic heterocycles. The monoisotopic (exact) mass is 259 g/mol. The van der Waals surface area contributed by atoms with Crippen LogP contribution in [0.3, 0.4) is 0 Å². The summed E-state index contributed by atoms with van der Waals surface area (Å²) in [4.78, 5) is 21.7. The van der Waals surface area contributed by atoms with Gasteiger partial charge in [0, 0.05) is 6.07 Å². The number of carboxylic acid groups (broad SMARTS) is 1. The SMILES string of the molecule is C[C@H](OCC(=O)Nc1ccc(F)cc1F)C(=O)O. The summed E-state index contributed by atoms with van der Waals surface area (Å²) in [6, 6.07) is 2.67. The van der Waals surface area contributed by atoms with Crippen LogP contribution in [0.4, 0.5) is 14.5 Å². The summed E-state index contributed by atoms with van der Waals surface area (Å²) in [7, 11) is 0. The highest BCUT2D eigenvalue weighted by Gasteiger charge is 2.14. The molecular formula is C11H11F2NO4. The maximum atomic E-state index is 13.1. The maximum absolute atomic E-state index is 13.1. The predicted octanol–water partition coefficient (Wildman–Crippen LogP) is 1.39. The van der Waals surface area contributed by atoms with Gasteiger partial charge in [-0.1, -0.05) is 0 Å². The van der Waals surface area contributed by atoms with Crippen molar-refractivity contribution in [1.82, 2.24) is 0 Å². The van der Waals surface area contributed by atoms with E-state index in [0.29, 0.717) is 6.07 Å². The third kappa shape index (κ3) is 4.10. The van der Waals surface area contributed by atoms with Crippen LogP contribution in [0.25, 0.3) is 0 Å². The van der Waals surface area contributed by atoms with Gasteiger partial charge in [0.2, 0.25) is 5.91 Å². The van der Waals surface area contributed by atoms with Crippen LogP contribution in [0.15, 0.2) is 18.2 Å². The summed E-state index contributed by atoms with van der Waals surface area (Å²) in [5.74, 6) is -3.62. The van der Waals surface area contributed by atoms with Crippen molar-refractivity contribution in [1.29, 1.82) is 0 Å². The molecule has 0 fully saturated rings. The molecule has 2 N–H and O–H groups in total. The number of halogens is 2. The molecule has 0 spiro atoms. The lowest BCUT2D eigenvalue weighted by atomic mass is 10.3. The average Bonchev–Trinajstić information content (AvgIpc) is 2.29. The lowest BCUT2D eigenvalue weighted by Crippen LogP contribution is -2.26. The number of carboxylic acids is 1. The number of rotatable bonds is 5. The van der Waals surface area contributed by atoms with Crippen LogP contribution >= 0.6 is 0 Å². The van der Waals surface area contributed by atoms with Gasteiger partial charge in [-0.2, -0.15) is 0 Å². The van der Waals surface area contributed by atoms with Gasteiger partial charge in [0.05, 0.1) is 5.69 Å². The molecular weight excluding hydrogens is 248 g/mol. The summed E-state index contributed by atoms with van der Waals surface area (Å²) in [5, 5.41) is 10.6. The molecule has 18 heavy (non-hydrogen) atoms. The Kier molecular flexibility index (Phi) is 4.73. The van der Waals surface area contributed by atoms with E-state index in [-0.39, 0.29) is 5.69 Å². The first-order chi connectivity index (χ1) is 8.40. The lowest BCUT2D eigenvalue weighted by Gasteiger charge is -2.09. The number of carbonyl (C=O) groups excluding carboxylic acids is 1. The highest BCUT2D eigenvalue weighted by Crippen LogP contribution is 2.14. The number of ether oxygens (including phenoxy) is 1. The highest BCUT2D eigenvalue weighted by molar-refractivity contribution is 5.92. The molecule has 1 amide bonds. The second-order valence-corrected chi connectivity index (χ2v) is 3.46. The van der Waals surface area contributed by atoms with Gasteiger partial charge < -0.3 is 15.2 Å². The fraction of sp³-hybridized carbons (Fsp3) is 0.273. The van der Waals surface area contributed by atoms with Crippen molar-refractivity contribution in [2.24, 2.45) is 0 Å². The van der Waals surface area contributed by atoms with Crippen LogP contribution in [-0.2, 0) is 14.3 Å². The molecule has 1 aromatic carbocycles. The quantitative estimate of drug-likeness (QED) is 0.837. The molecule has 0 unspecified atom stereocenters. The molecule has 0 saturated heterocycles. The minimum Gasteiger partial charge on any atom is -0.479 e. The maximum Gasteiger partial charge on any atom is 0.332 e. The molecule has 0 heterocycles. The number of benzene rings is 1. The van der Waals surface area contributed by atoms with Crippen LogP contribution in [0.2, 0.25) is 0 Å². The molecule has 0 radical (unpaired) electrons. The Labute approximate surface area is 101 Å². The number of hydrogen-bond acceptors (Lipinski definition) is 3. The molecule has 0 aliphatic carbocycles. The van der Waals surface area contributed by atoms with Crippen LogP contribution in [0.5, 0.6) is 0 Å². The summed E-state index contributed by atoms with van der Waals surface area (Å²) < 4.78 is 30.4. The highest BCUT2D eigenvalue weighted by atomic mass is 19.1. The fourth-order valence-corrected chi connectivity index (χ4v) is 1.05. The van der Waals surface area contributed by atoms with Crippen molar-refractivity contribution in [2.75, 3.05) is 11.9 Å². The van der Waals surface area contributed by atoms with Gasteiger partial charge in [0.25, 0.3) is 0 Å². The van der Waals surface area contributed by atoms with E-state index < -0.39 is 36.2 Å². The van der Waals surface area contributed by atoms with Gasteiger partial charge in [-0.25, -0.2) is 13.6 Å². The van der Waals surface area contributed by atoms with Gasteiger partial charge in [-0.3, -0.25) is 4.79 Å². The second kappa shape index (κ2) is 6.06. The van der Waals surface area contributed by atoms with E-state index in [9.17, 15) is 18.4 Å². The fourth-order valence-electron chi connectivity index (χ4n) is 1.05. The van der Waals surface area contributed by atoms with Gasteiger partial charge in [-0.05, 0) is 19.1 Å². The Morgan fingerprint density at radius 1 is 1.44 bits per heavy atom. The molecule has 5 nitrogen and oxygen atoms in total. The summed E-state index contributed by atoms with van der Waals surface area (Å²) in [5.41, 5.74) is -0.201. The van der Waals surface area contributed by atoms with E-state index in [1.165, 1.54) is 6.92 Å². The third-order valence-corrected chi connectivity index (χ3v) is 2.02. The van der Waals surface area contributed by atoms with E-state index in [4.69, 9.17) is 9.84 Å². The Balaban J connectivity index is 2.52. The average molecular weight is 259 g/mol. The summed E-state index contributed by atoms with van der Waals surface area (Å²) >= 11 is 0. The van der Waals surface area contributed by atoms with Crippen molar-refractivity contribution in [3.05, 3.63) is 29.8 Å². The zero-order valence-corrected chi connectivity index (χ0v) is 9.44. The molecule has 1 rings (SSSR count). The molecule has 1 aromatic rings. The smallest absolute Gasteiger partial charge is 0.332 e. The first-order valence-electron chi connectivity index (χ1n) is 4.99. The Morgan fingerprint density at radius 3 is 2.67 bits per heavy atom. The van der Waals surface area contributed by atoms with Gasteiger partial charge >= 0.3 is 5.97 Å². The van der Waals surface area contributed by atoms with Crippen LogP contribution in [0, 0.1) is 11.6 Å². The number of aliphatic carboxylic acids is 1. The van der Waals surface area contributed by atoms with Crippen molar-refractivity contribution in [2.45, 2.75) is 13.0 Å². The van der Waals surface area contributed by atoms with E-state index in [0.717, 1.165) is 12.1 Å². The van der Waals surface area contributed by atoms with Crippen LogP contribution < -0.4 is 5.32 Å².